The van der Waals surface area contributed by atoms with E-state index in [9.17, 15) is 4.79 Å². The van der Waals surface area contributed by atoms with Gasteiger partial charge in [-0.15, -0.1) is 11.6 Å². The summed E-state index contributed by atoms with van der Waals surface area (Å²) in [4.78, 5) is 16.0. The fourth-order valence-electron chi connectivity index (χ4n) is 2.88. The zero-order valence-corrected chi connectivity index (χ0v) is 12.9. The Kier molecular flexibility index (Phi) is 5.86. The number of halogens is 1. The van der Waals surface area contributed by atoms with Crippen molar-refractivity contribution in [3.05, 3.63) is 35.9 Å². The molecule has 1 aliphatic heterocycles. The lowest BCUT2D eigenvalue weighted by molar-refractivity contribution is -0.130. The van der Waals surface area contributed by atoms with E-state index in [0.29, 0.717) is 6.04 Å². The third-order valence-electron chi connectivity index (χ3n) is 4.08. The Morgan fingerprint density at radius 1 is 1.30 bits per heavy atom. The van der Waals surface area contributed by atoms with Crippen molar-refractivity contribution in [2.45, 2.75) is 32.4 Å². The summed E-state index contributed by atoms with van der Waals surface area (Å²) in [7, 11) is 0. The Hall–Kier alpha value is -1.06. The van der Waals surface area contributed by atoms with Crippen LogP contribution in [-0.2, 0) is 11.3 Å². The fraction of sp³-hybridized carbons (Fsp3) is 0.562. The summed E-state index contributed by atoms with van der Waals surface area (Å²) in [5.41, 5.74) is 1.36. The van der Waals surface area contributed by atoms with Crippen LogP contribution in [0.2, 0.25) is 0 Å². The highest BCUT2D eigenvalue weighted by Gasteiger charge is 2.25. The molecule has 110 valence electrons. The molecular weight excluding hydrogens is 272 g/mol. The highest BCUT2D eigenvalue weighted by Crippen LogP contribution is 2.19. The van der Waals surface area contributed by atoms with Crippen LogP contribution >= 0.6 is 11.6 Å². The molecule has 4 heteroatoms. The summed E-state index contributed by atoms with van der Waals surface area (Å²) >= 11 is 5.62. The van der Waals surface area contributed by atoms with Gasteiger partial charge in [-0.3, -0.25) is 9.69 Å². The average Bonchev–Trinajstić information content (AvgIpc) is 2.53. The fourth-order valence-corrected chi connectivity index (χ4v) is 3.05. The maximum atomic E-state index is 11.6. The molecule has 0 spiro atoms. The van der Waals surface area contributed by atoms with Crippen molar-refractivity contribution >= 4 is 17.5 Å². The Morgan fingerprint density at radius 3 is 2.50 bits per heavy atom. The first-order valence-corrected chi connectivity index (χ1v) is 7.89. The van der Waals surface area contributed by atoms with Gasteiger partial charge < -0.3 is 4.90 Å². The minimum absolute atomic E-state index is 0.0659. The van der Waals surface area contributed by atoms with E-state index in [1.54, 1.807) is 0 Å². The number of benzene rings is 1. The molecule has 0 saturated carbocycles. The molecule has 0 aliphatic carbocycles. The molecule has 1 aromatic rings. The molecule has 0 aromatic heterocycles. The molecule has 1 fully saturated rings. The Labute approximate surface area is 126 Å². The predicted molar refractivity (Wildman–Crippen MR) is 82.8 cm³/mol. The first kappa shape index (κ1) is 15.3. The molecule has 1 aliphatic rings. The number of carbonyl (C=O) groups is 1. The molecule has 1 heterocycles. The molecule has 0 bridgehead atoms. The second kappa shape index (κ2) is 7.65. The molecule has 20 heavy (non-hydrogen) atoms. The molecular formula is C16H23ClN2O. The lowest BCUT2D eigenvalue weighted by Gasteiger charge is -2.38. The van der Waals surface area contributed by atoms with Crippen LogP contribution in [0.25, 0.3) is 0 Å². The van der Waals surface area contributed by atoms with Gasteiger partial charge in [-0.05, 0) is 24.9 Å². The molecule has 1 amide bonds. The summed E-state index contributed by atoms with van der Waals surface area (Å²) in [6.45, 7) is 5.91. The van der Waals surface area contributed by atoms with E-state index in [1.165, 1.54) is 5.56 Å². The number of likely N-dealkylation sites (tertiary alicyclic amines) is 1. The quantitative estimate of drug-likeness (QED) is 0.780. The molecule has 1 aromatic carbocycles. The van der Waals surface area contributed by atoms with Crippen molar-refractivity contribution in [1.82, 2.24) is 9.80 Å². The molecule has 0 N–H and O–H groups in total. The third kappa shape index (κ3) is 3.97. The zero-order chi connectivity index (χ0) is 14.4. The smallest absolute Gasteiger partial charge is 0.237 e. The lowest BCUT2D eigenvalue weighted by atomic mass is 10.0. The summed E-state index contributed by atoms with van der Waals surface area (Å²) in [6.07, 6.45) is 2.09. The van der Waals surface area contributed by atoms with Crippen molar-refractivity contribution in [3.63, 3.8) is 0 Å². The van der Waals surface area contributed by atoms with Crippen LogP contribution in [0.1, 0.15) is 25.3 Å². The lowest BCUT2D eigenvalue weighted by Crippen LogP contribution is -2.46. The van der Waals surface area contributed by atoms with Crippen molar-refractivity contribution < 1.29 is 4.79 Å². The summed E-state index contributed by atoms with van der Waals surface area (Å²) in [5.74, 6) is 0.169. The second-order valence-electron chi connectivity index (χ2n) is 5.29. The van der Waals surface area contributed by atoms with Crippen LogP contribution in [0.5, 0.6) is 0 Å². The van der Waals surface area contributed by atoms with Gasteiger partial charge in [0.05, 0.1) is 0 Å². The number of amides is 1. The summed E-state index contributed by atoms with van der Waals surface area (Å²) in [6, 6.07) is 11.1. The van der Waals surface area contributed by atoms with Gasteiger partial charge in [0.2, 0.25) is 5.91 Å². The SMILES string of the molecule is CCN(Cc1ccccc1)C1CCN(C(=O)CCl)CC1. The highest BCUT2D eigenvalue weighted by molar-refractivity contribution is 6.27. The van der Waals surface area contributed by atoms with E-state index in [0.717, 1.165) is 39.0 Å². The Balaban J connectivity index is 1.89. The van der Waals surface area contributed by atoms with Crippen LogP contribution in [0, 0.1) is 0 Å². The molecule has 0 radical (unpaired) electrons. The number of alkyl halides is 1. The number of hydrogen-bond donors (Lipinski definition) is 0. The monoisotopic (exact) mass is 294 g/mol. The maximum Gasteiger partial charge on any atom is 0.237 e. The largest absolute Gasteiger partial charge is 0.342 e. The van der Waals surface area contributed by atoms with E-state index in [1.807, 2.05) is 4.90 Å². The Bertz CT molecular complexity index is 416. The zero-order valence-electron chi connectivity index (χ0n) is 12.1. The van der Waals surface area contributed by atoms with Crippen LogP contribution in [0.15, 0.2) is 30.3 Å². The van der Waals surface area contributed by atoms with Gasteiger partial charge in [-0.2, -0.15) is 0 Å². The summed E-state index contributed by atoms with van der Waals surface area (Å²) in [5, 5.41) is 0. The first-order valence-electron chi connectivity index (χ1n) is 7.36. The number of nitrogens with zero attached hydrogens (tertiary/aromatic N) is 2. The van der Waals surface area contributed by atoms with Gasteiger partial charge in [-0.1, -0.05) is 37.3 Å². The number of piperidine rings is 1. The first-order chi connectivity index (χ1) is 9.74. The normalized spacial score (nSPS) is 16.6. The number of rotatable bonds is 5. The second-order valence-corrected chi connectivity index (χ2v) is 5.56. The van der Waals surface area contributed by atoms with Gasteiger partial charge in [0.25, 0.3) is 0 Å². The molecule has 0 atom stereocenters. The predicted octanol–water partition coefficient (Wildman–Crippen LogP) is 2.74. The standard InChI is InChI=1S/C16H23ClN2O/c1-2-18(13-14-6-4-3-5-7-14)15-8-10-19(11-9-15)16(20)12-17/h3-7,15H,2,8-13H2,1H3. The van der Waals surface area contributed by atoms with Gasteiger partial charge in [0, 0.05) is 25.7 Å². The van der Waals surface area contributed by atoms with Gasteiger partial charge >= 0.3 is 0 Å². The summed E-state index contributed by atoms with van der Waals surface area (Å²) < 4.78 is 0. The molecule has 2 rings (SSSR count). The topological polar surface area (TPSA) is 23.6 Å². The third-order valence-corrected chi connectivity index (χ3v) is 4.31. The Morgan fingerprint density at radius 2 is 1.95 bits per heavy atom. The molecule has 0 unspecified atom stereocenters. The van der Waals surface area contributed by atoms with Crippen molar-refractivity contribution in [1.29, 1.82) is 0 Å². The van der Waals surface area contributed by atoms with Gasteiger partial charge in [0.15, 0.2) is 0 Å². The van der Waals surface area contributed by atoms with E-state index in [4.69, 9.17) is 11.6 Å². The molecule has 3 nitrogen and oxygen atoms in total. The van der Waals surface area contributed by atoms with E-state index in [2.05, 4.69) is 42.2 Å². The van der Waals surface area contributed by atoms with Crippen molar-refractivity contribution in [2.75, 3.05) is 25.5 Å². The van der Waals surface area contributed by atoms with E-state index in [-0.39, 0.29) is 11.8 Å². The van der Waals surface area contributed by atoms with Gasteiger partial charge in [0.1, 0.15) is 5.88 Å². The van der Waals surface area contributed by atoms with Crippen LogP contribution in [0.4, 0.5) is 0 Å². The maximum absolute atomic E-state index is 11.6. The van der Waals surface area contributed by atoms with Crippen molar-refractivity contribution in [2.24, 2.45) is 0 Å². The van der Waals surface area contributed by atoms with Crippen LogP contribution in [-0.4, -0.2) is 47.3 Å². The molecule has 1 saturated heterocycles. The minimum Gasteiger partial charge on any atom is -0.342 e. The number of hydrogen-bond acceptors (Lipinski definition) is 2. The van der Waals surface area contributed by atoms with Gasteiger partial charge in [-0.25, -0.2) is 0 Å². The highest BCUT2D eigenvalue weighted by atomic mass is 35.5. The minimum atomic E-state index is 0.0659. The van der Waals surface area contributed by atoms with Crippen molar-refractivity contribution in [3.8, 4) is 0 Å². The number of carbonyl (C=O) groups excluding carboxylic acids is 1. The average molecular weight is 295 g/mol. The van der Waals surface area contributed by atoms with E-state index < -0.39 is 0 Å². The van der Waals surface area contributed by atoms with Crippen LogP contribution in [0.3, 0.4) is 0 Å². The van der Waals surface area contributed by atoms with Crippen LogP contribution < -0.4 is 0 Å². The van der Waals surface area contributed by atoms with E-state index >= 15 is 0 Å².